The Labute approximate surface area is 113 Å². The molecule has 1 N–H and O–H groups in total. The van der Waals surface area contributed by atoms with E-state index in [-0.39, 0.29) is 0 Å². The molecule has 0 radical (unpaired) electrons. The van der Waals surface area contributed by atoms with Gasteiger partial charge in [-0.3, -0.25) is 0 Å². The van der Waals surface area contributed by atoms with Crippen molar-refractivity contribution in [3.8, 4) is 0 Å². The Morgan fingerprint density at radius 3 is 2.33 bits per heavy atom. The van der Waals surface area contributed by atoms with E-state index in [4.69, 9.17) is 0 Å². The van der Waals surface area contributed by atoms with Crippen LogP contribution in [0.15, 0.2) is 0 Å². The smallest absolute Gasteiger partial charge is 0.0126 e. The minimum absolute atomic E-state index is 0.744. The van der Waals surface area contributed by atoms with Crippen LogP contribution in [0.4, 0.5) is 0 Å². The molecule has 18 heavy (non-hydrogen) atoms. The van der Waals surface area contributed by atoms with Gasteiger partial charge in [0.15, 0.2) is 0 Å². The first-order valence-corrected chi connectivity index (χ1v) is 8.60. The van der Waals surface area contributed by atoms with E-state index in [1.807, 2.05) is 0 Å². The van der Waals surface area contributed by atoms with E-state index in [1.54, 1.807) is 0 Å². The maximum atomic E-state index is 4.12. The zero-order valence-corrected chi connectivity index (χ0v) is 12.2. The molecular formula is C17H31N. The molecule has 3 fully saturated rings. The van der Waals surface area contributed by atoms with Gasteiger partial charge < -0.3 is 5.32 Å². The van der Waals surface area contributed by atoms with Crippen molar-refractivity contribution in [3.63, 3.8) is 0 Å². The third-order valence-electron chi connectivity index (χ3n) is 6.37. The van der Waals surface area contributed by atoms with Gasteiger partial charge in [0, 0.05) is 12.1 Å². The van der Waals surface area contributed by atoms with E-state index in [9.17, 15) is 0 Å². The quantitative estimate of drug-likeness (QED) is 0.767. The van der Waals surface area contributed by atoms with Crippen LogP contribution in [0, 0.1) is 11.3 Å². The summed E-state index contributed by atoms with van der Waals surface area (Å²) in [5.74, 6) is 0.972. The molecule has 3 atom stereocenters. The van der Waals surface area contributed by atoms with Gasteiger partial charge in [0.1, 0.15) is 0 Å². The molecule has 3 saturated carbocycles. The van der Waals surface area contributed by atoms with Gasteiger partial charge in [-0.2, -0.15) is 0 Å². The van der Waals surface area contributed by atoms with Gasteiger partial charge in [0.05, 0.1) is 0 Å². The van der Waals surface area contributed by atoms with Crippen LogP contribution in [0.25, 0.3) is 0 Å². The van der Waals surface area contributed by atoms with Gasteiger partial charge in [-0.15, -0.1) is 0 Å². The minimum atomic E-state index is 0.744. The van der Waals surface area contributed by atoms with E-state index in [0.717, 1.165) is 23.4 Å². The van der Waals surface area contributed by atoms with Crippen molar-refractivity contribution in [2.24, 2.45) is 11.3 Å². The van der Waals surface area contributed by atoms with Crippen LogP contribution >= 0.6 is 0 Å². The summed E-state index contributed by atoms with van der Waals surface area (Å²) >= 11 is 0. The highest BCUT2D eigenvalue weighted by Crippen LogP contribution is 2.52. The van der Waals surface area contributed by atoms with Crippen LogP contribution in [0.3, 0.4) is 0 Å². The van der Waals surface area contributed by atoms with Crippen LogP contribution in [0.5, 0.6) is 0 Å². The number of hydrogen-bond acceptors (Lipinski definition) is 1. The van der Waals surface area contributed by atoms with E-state index in [1.165, 1.54) is 77.0 Å². The first kappa shape index (κ1) is 13.0. The average Bonchev–Trinajstić information content (AvgIpc) is 2.45. The second-order valence-corrected chi connectivity index (χ2v) is 7.24. The highest BCUT2D eigenvalue weighted by atomic mass is 15.0. The zero-order chi connectivity index (χ0) is 12.4. The van der Waals surface area contributed by atoms with Crippen LogP contribution in [-0.2, 0) is 0 Å². The Bertz CT molecular complexity index is 267. The molecule has 0 bridgehead atoms. The second-order valence-electron chi connectivity index (χ2n) is 7.24. The normalized spacial score (nSPS) is 39.5. The number of rotatable bonds is 3. The largest absolute Gasteiger partial charge is 0.310 e. The van der Waals surface area contributed by atoms with Gasteiger partial charge in [-0.25, -0.2) is 0 Å². The van der Waals surface area contributed by atoms with Gasteiger partial charge in [-0.05, 0) is 49.9 Å². The van der Waals surface area contributed by atoms with Crippen molar-refractivity contribution in [1.29, 1.82) is 0 Å². The lowest BCUT2D eigenvalue weighted by molar-refractivity contribution is 0.00777. The lowest BCUT2D eigenvalue weighted by Crippen LogP contribution is -2.58. The summed E-state index contributed by atoms with van der Waals surface area (Å²) in [6.45, 7) is 2.39. The molecule has 1 heteroatoms. The Kier molecular flexibility index (Phi) is 3.98. The van der Waals surface area contributed by atoms with Crippen LogP contribution in [0.2, 0.25) is 0 Å². The van der Waals surface area contributed by atoms with E-state index >= 15 is 0 Å². The highest BCUT2D eigenvalue weighted by molar-refractivity contribution is 5.03. The molecular weight excluding hydrogens is 218 g/mol. The molecule has 3 aliphatic carbocycles. The first-order chi connectivity index (χ1) is 8.84. The first-order valence-electron chi connectivity index (χ1n) is 8.60. The molecule has 3 rings (SSSR count). The second kappa shape index (κ2) is 5.53. The summed E-state index contributed by atoms with van der Waals surface area (Å²) in [4.78, 5) is 0. The molecule has 0 aliphatic heterocycles. The van der Waals surface area contributed by atoms with Crippen molar-refractivity contribution in [3.05, 3.63) is 0 Å². The Morgan fingerprint density at radius 2 is 1.67 bits per heavy atom. The van der Waals surface area contributed by atoms with E-state index in [2.05, 4.69) is 12.2 Å². The lowest BCUT2D eigenvalue weighted by Gasteiger charge is -2.54. The van der Waals surface area contributed by atoms with Gasteiger partial charge in [0.25, 0.3) is 0 Å². The predicted octanol–water partition coefficient (Wildman–Crippen LogP) is 4.66. The monoisotopic (exact) mass is 249 g/mol. The molecule has 3 unspecified atom stereocenters. The summed E-state index contributed by atoms with van der Waals surface area (Å²) in [5.41, 5.74) is 0.744. The van der Waals surface area contributed by atoms with Gasteiger partial charge >= 0.3 is 0 Å². The molecule has 3 aliphatic rings. The van der Waals surface area contributed by atoms with Crippen molar-refractivity contribution >= 4 is 0 Å². The molecule has 0 amide bonds. The fourth-order valence-corrected chi connectivity index (χ4v) is 4.99. The Balaban J connectivity index is 1.58. The Hall–Kier alpha value is -0.0400. The molecule has 0 heterocycles. The number of nitrogens with one attached hydrogen (secondary N) is 1. The molecule has 0 aromatic rings. The fraction of sp³-hybridized carbons (Fsp3) is 1.00. The van der Waals surface area contributed by atoms with E-state index < -0.39 is 0 Å². The average molecular weight is 249 g/mol. The highest BCUT2D eigenvalue weighted by Gasteiger charge is 2.47. The molecule has 1 spiro atoms. The van der Waals surface area contributed by atoms with Gasteiger partial charge in [0.2, 0.25) is 0 Å². The van der Waals surface area contributed by atoms with Crippen molar-refractivity contribution in [2.75, 3.05) is 0 Å². The predicted molar refractivity (Wildman–Crippen MR) is 77.7 cm³/mol. The topological polar surface area (TPSA) is 12.0 Å². The SMILES string of the molecule is CCC1CCCCC1NC1CCC12CCCCC2. The maximum absolute atomic E-state index is 4.12. The third kappa shape index (κ3) is 2.35. The summed E-state index contributed by atoms with van der Waals surface area (Å²) in [5, 5.41) is 4.12. The molecule has 104 valence electrons. The van der Waals surface area contributed by atoms with Crippen molar-refractivity contribution in [1.82, 2.24) is 5.32 Å². The van der Waals surface area contributed by atoms with Crippen LogP contribution < -0.4 is 5.32 Å². The Morgan fingerprint density at radius 1 is 0.889 bits per heavy atom. The van der Waals surface area contributed by atoms with Crippen molar-refractivity contribution < 1.29 is 0 Å². The van der Waals surface area contributed by atoms with Gasteiger partial charge in [-0.1, -0.05) is 45.4 Å². The lowest BCUT2D eigenvalue weighted by atomic mass is 9.57. The third-order valence-corrected chi connectivity index (χ3v) is 6.37. The van der Waals surface area contributed by atoms with Crippen molar-refractivity contribution in [2.45, 2.75) is 96.1 Å². The molecule has 1 nitrogen and oxygen atoms in total. The summed E-state index contributed by atoms with van der Waals surface area (Å²) < 4.78 is 0. The molecule has 0 aromatic carbocycles. The molecule has 0 saturated heterocycles. The summed E-state index contributed by atoms with van der Waals surface area (Å²) in [6, 6.07) is 1.74. The fourth-order valence-electron chi connectivity index (χ4n) is 4.99. The van der Waals surface area contributed by atoms with Crippen LogP contribution in [0.1, 0.15) is 84.0 Å². The number of hydrogen-bond donors (Lipinski definition) is 1. The minimum Gasteiger partial charge on any atom is -0.310 e. The maximum Gasteiger partial charge on any atom is 0.0126 e. The zero-order valence-electron chi connectivity index (χ0n) is 12.2. The standard InChI is InChI=1S/C17H31N/c1-2-14-8-4-5-9-15(14)18-16-10-13-17(16)11-6-3-7-12-17/h14-16,18H,2-13H2,1H3. The van der Waals surface area contributed by atoms with E-state index in [0.29, 0.717) is 0 Å². The van der Waals surface area contributed by atoms with Crippen LogP contribution in [-0.4, -0.2) is 12.1 Å². The summed E-state index contributed by atoms with van der Waals surface area (Å²) in [6.07, 6.45) is 17.8. The molecule has 0 aromatic heterocycles. The summed E-state index contributed by atoms with van der Waals surface area (Å²) in [7, 11) is 0.